The van der Waals surface area contributed by atoms with Gasteiger partial charge in [-0.25, -0.2) is 0 Å². The van der Waals surface area contributed by atoms with Crippen molar-refractivity contribution in [2.24, 2.45) is 0 Å². The summed E-state index contributed by atoms with van der Waals surface area (Å²) >= 11 is 6.18. The molecule has 1 aliphatic rings. The number of amides is 1. The molecule has 0 radical (unpaired) electrons. The summed E-state index contributed by atoms with van der Waals surface area (Å²) in [6, 6.07) is 13.2. The Kier molecular flexibility index (Phi) is 5.44. The van der Waals surface area contributed by atoms with E-state index in [-0.39, 0.29) is 34.2 Å². The van der Waals surface area contributed by atoms with Crippen LogP contribution >= 0.6 is 11.6 Å². The summed E-state index contributed by atoms with van der Waals surface area (Å²) in [6.07, 6.45) is 1.47. The van der Waals surface area contributed by atoms with Crippen molar-refractivity contribution < 1.29 is 29.0 Å². The number of furan rings is 1. The molecular weight excluding hydrogens is 422 g/mol. The van der Waals surface area contributed by atoms with Crippen LogP contribution in [0.3, 0.4) is 0 Å². The van der Waals surface area contributed by atoms with E-state index in [4.69, 9.17) is 20.8 Å². The fraction of sp³-hybridized carbons (Fsp3) is 0.130. The van der Waals surface area contributed by atoms with Crippen LogP contribution in [-0.4, -0.2) is 33.9 Å². The van der Waals surface area contributed by atoms with Crippen LogP contribution in [0.1, 0.15) is 22.9 Å². The Labute approximate surface area is 182 Å². The molecule has 0 spiro atoms. The zero-order valence-electron chi connectivity index (χ0n) is 16.4. The van der Waals surface area contributed by atoms with Gasteiger partial charge in [0.1, 0.15) is 23.0 Å². The van der Waals surface area contributed by atoms with E-state index < -0.39 is 17.7 Å². The van der Waals surface area contributed by atoms with Gasteiger partial charge in [-0.3, -0.25) is 9.59 Å². The molecular formula is C23H18ClNO6. The number of hydrogen-bond donors (Lipinski definition) is 2. The highest BCUT2D eigenvalue weighted by atomic mass is 35.5. The summed E-state index contributed by atoms with van der Waals surface area (Å²) in [5.41, 5.74) is 0.613. The van der Waals surface area contributed by atoms with Gasteiger partial charge in [0.05, 0.1) is 36.6 Å². The van der Waals surface area contributed by atoms with E-state index in [0.29, 0.717) is 17.1 Å². The molecule has 8 heteroatoms. The number of nitrogens with zero attached hydrogens (tertiary/aromatic N) is 1. The molecule has 2 N–H and O–H groups in total. The van der Waals surface area contributed by atoms with Gasteiger partial charge in [0.2, 0.25) is 0 Å². The molecule has 2 aromatic carbocycles. The maximum Gasteiger partial charge on any atom is 0.296 e. The third-order valence-corrected chi connectivity index (χ3v) is 5.35. The lowest BCUT2D eigenvalue weighted by molar-refractivity contribution is -0.140. The molecule has 31 heavy (non-hydrogen) atoms. The summed E-state index contributed by atoms with van der Waals surface area (Å²) in [7, 11) is 1.46. The number of phenolic OH excluding ortho intramolecular Hbond substituents is 1. The summed E-state index contributed by atoms with van der Waals surface area (Å²) in [6.45, 7) is 0.0119. The number of carbonyl (C=O) groups excluding carboxylic acids is 2. The molecule has 1 aromatic heterocycles. The van der Waals surface area contributed by atoms with Gasteiger partial charge in [0.25, 0.3) is 11.7 Å². The topological polar surface area (TPSA) is 100 Å². The second-order valence-corrected chi connectivity index (χ2v) is 7.36. The molecule has 1 atom stereocenters. The Hall–Kier alpha value is -3.71. The molecule has 1 amide bonds. The fourth-order valence-corrected chi connectivity index (χ4v) is 3.88. The molecule has 7 nitrogen and oxygen atoms in total. The van der Waals surface area contributed by atoms with Crippen molar-refractivity contribution in [2.45, 2.75) is 12.6 Å². The maximum atomic E-state index is 13.0. The highest BCUT2D eigenvalue weighted by molar-refractivity contribution is 6.46. The average molecular weight is 440 g/mol. The van der Waals surface area contributed by atoms with E-state index in [1.54, 1.807) is 36.4 Å². The van der Waals surface area contributed by atoms with Crippen LogP contribution in [0.4, 0.5) is 0 Å². The third kappa shape index (κ3) is 3.75. The van der Waals surface area contributed by atoms with Crippen molar-refractivity contribution in [1.29, 1.82) is 0 Å². The summed E-state index contributed by atoms with van der Waals surface area (Å²) in [5.74, 6) is -1.16. The van der Waals surface area contributed by atoms with Crippen LogP contribution in [0.15, 0.2) is 70.9 Å². The number of hydrogen-bond acceptors (Lipinski definition) is 6. The Bertz CT molecular complexity index is 1180. The molecule has 1 aliphatic heterocycles. The Morgan fingerprint density at radius 3 is 2.61 bits per heavy atom. The first kappa shape index (κ1) is 20.6. The van der Waals surface area contributed by atoms with E-state index in [2.05, 4.69) is 0 Å². The predicted octanol–water partition coefficient (Wildman–Crippen LogP) is 4.27. The van der Waals surface area contributed by atoms with Gasteiger partial charge >= 0.3 is 0 Å². The van der Waals surface area contributed by atoms with Crippen molar-refractivity contribution in [3.8, 4) is 11.5 Å². The van der Waals surface area contributed by atoms with Gasteiger partial charge in [-0.1, -0.05) is 23.7 Å². The van der Waals surface area contributed by atoms with E-state index in [1.807, 2.05) is 0 Å². The summed E-state index contributed by atoms with van der Waals surface area (Å²) < 4.78 is 10.5. The standard InChI is InChI=1S/C23H18ClNO6/c1-30-18-8-7-14(11-17(18)24)21(27)19-20(13-4-2-5-15(26)10-13)25(23(29)22(19)28)12-16-6-3-9-31-16/h2-11,20,26-27H,12H2,1H3/b21-19-. The summed E-state index contributed by atoms with van der Waals surface area (Å²) in [4.78, 5) is 27.2. The number of ether oxygens (including phenoxy) is 1. The number of aromatic hydroxyl groups is 1. The van der Waals surface area contributed by atoms with Crippen molar-refractivity contribution in [3.05, 3.63) is 88.3 Å². The first-order valence-corrected chi connectivity index (χ1v) is 9.72. The number of benzene rings is 2. The highest BCUT2D eigenvalue weighted by Crippen LogP contribution is 2.41. The monoisotopic (exact) mass is 439 g/mol. The van der Waals surface area contributed by atoms with Gasteiger partial charge in [0.15, 0.2) is 0 Å². The van der Waals surface area contributed by atoms with Crippen molar-refractivity contribution in [3.63, 3.8) is 0 Å². The van der Waals surface area contributed by atoms with Gasteiger partial charge in [-0.05, 0) is 48.0 Å². The van der Waals surface area contributed by atoms with Crippen LogP contribution in [0.5, 0.6) is 11.5 Å². The van der Waals surface area contributed by atoms with E-state index in [1.165, 1.54) is 36.5 Å². The zero-order chi connectivity index (χ0) is 22.1. The predicted molar refractivity (Wildman–Crippen MR) is 113 cm³/mol. The summed E-state index contributed by atoms with van der Waals surface area (Å²) in [5, 5.41) is 21.2. The van der Waals surface area contributed by atoms with Crippen LogP contribution < -0.4 is 4.74 Å². The van der Waals surface area contributed by atoms with Gasteiger partial charge in [-0.15, -0.1) is 0 Å². The molecule has 158 valence electrons. The number of Topliss-reactive ketones (excluding diaryl/α,β-unsaturated/α-hetero) is 1. The third-order valence-electron chi connectivity index (χ3n) is 5.06. The average Bonchev–Trinajstić information content (AvgIpc) is 3.35. The van der Waals surface area contributed by atoms with E-state index in [0.717, 1.165) is 0 Å². The number of methoxy groups -OCH3 is 1. The van der Waals surface area contributed by atoms with Crippen LogP contribution in [0, 0.1) is 0 Å². The van der Waals surface area contributed by atoms with Crippen LogP contribution in [0.25, 0.3) is 5.76 Å². The van der Waals surface area contributed by atoms with Crippen LogP contribution in [-0.2, 0) is 16.1 Å². The van der Waals surface area contributed by atoms with E-state index >= 15 is 0 Å². The smallest absolute Gasteiger partial charge is 0.296 e. The lowest BCUT2D eigenvalue weighted by atomic mass is 9.95. The van der Waals surface area contributed by atoms with Crippen LogP contribution in [0.2, 0.25) is 5.02 Å². The van der Waals surface area contributed by atoms with E-state index in [9.17, 15) is 19.8 Å². The number of carbonyl (C=O) groups is 2. The number of halogens is 1. The number of rotatable bonds is 5. The SMILES string of the molecule is COc1ccc(/C(O)=C2/C(=O)C(=O)N(Cc3ccco3)C2c2cccc(O)c2)cc1Cl. The first-order chi connectivity index (χ1) is 14.9. The number of aliphatic hydroxyl groups is 1. The van der Waals surface area contributed by atoms with Crippen molar-refractivity contribution >= 4 is 29.1 Å². The second kappa shape index (κ2) is 8.20. The Balaban J connectivity index is 1.87. The number of ketones is 1. The Morgan fingerprint density at radius 1 is 1.16 bits per heavy atom. The normalized spacial score (nSPS) is 17.9. The Morgan fingerprint density at radius 2 is 1.97 bits per heavy atom. The molecule has 3 aromatic rings. The van der Waals surface area contributed by atoms with Crippen molar-refractivity contribution in [1.82, 2.24) is 4.90 Å². The molecule has 1 saturated heterocycles. The van der Waals surface area contributed by atoms with Gasteiger partial charge in [-0.2, -0.15) is 0 Å². The fourth-order valence-electron chi connectivity index (χ4n) is 3.62. The van der Waals surface area contributed by atoms with Crippen molar-refractivity contribution in [2.75, 3.05) is 7.11 Å². The second-order valence-electron chi connectivity index (χ2n) is 6.95. The minimum Gasteiger partial charge on any atom is -0.508 e. The lowest BCUT2D eigenvalue weighted by Gasteiger charge is -2.24. The molecule has 0 aliphatic carbocycles. The molecule has 1 unspecified atom stereocenters. The zero-order valence-corrected chi connectivity index (χ0v) is 17.2. The molecule has 0 bridgehead atoms. The number of aliphatic hydroxyl groups excluding tert-OH is 1. The first-order valence-electron chi connectivity index (χ1n) is 9.34. The number of likely N-dealkylation sites (tertiary alicyclic amines) is 1. The quantitative estimate of drug-likeness (QED) is 0.350. The highest BCUT2D eigenvalue weighted by Gasteiger charge is 2.46. The largest absolute Gasteiger partial charge is 0.508 e. The molecule has 4 rings (SSSR count). The number of phenols is 1. The van der Waals surface area contributed by atoms with Gasteiger partial charge in [0, 0.05) is 5.56 Å². The van der Waals surface area contributed by atoms with Gasteiger partial charge < -0.3 is 24.3 Å². The lowest BCUT2D eigenvalue weighted by Crippen LogP contribution is -2.29. The maximum absolute atomic E-state index is 13.0. The molecule has 1 fully saturated rings. The molecule has 0 saturated carbocycles. The minimum atomic E-state index is -0.932. The molecule has 2 heterocycles. The minimum absolute atomic E-state index is 0.0119.